The zero-order valence-corrected chi connectivity index (χ0v) is 20.8. The summed E-state index contributed by atoms with van der Waals surface area (Å²) < 4.78 is 10.7. The van der Waals surface area contributed by atoms with E-state index in [1.807, 2.05) is 12.1 Å². The molecule has 0 aliphatic carbocycles. The second-order valence-corrected chi connectivity index (χ2v) is 9.16. The van der Waals surface area contributed by atoms with Gasteiger partial charge >= 0.3 is 0 Å². The number of halogens is 2. The molecular weight excluding hydrogens is 491 g/mol. The third-order valence-electron chi connectivity index (χ3n) is 5.92. The van der Waals surface area contributed by atoms with E-state index < -0.39 is 0 Å². The molecule has 8 nitrogen and oxygen atoms in total. The smallest absolute Gasteiger partial charge is 0.254 e. The van der Waals surface area contributed by atoms with Crippen LogP contribution in [0.25, 0.3) is 11.4 Å². The van der Waals surface area contributed by atoms with E-state index >= 15 is 0 Å². The first-order valence-electron chi connectivity index (χ1n) is 11.4. The molecule has 35 heavy (non-hydrogen) atoms. The number of rotatable bonds is 8. The number of nitrogens with zero attached hydrogens (tertiary/aromatic N) is 4. The Balaban J connectivity index is 1.51. The summed E-state index contributed by atoms with van der Waals surface area (Å²) in [5.41, 5.74) is 1.23. The maximum atomic E-state index is 13.4. The van der Waals surface area contributed by atoms with Crippen molar-refractivity contribution in [1.29, 1.82) is 0 Å². The van der Waals surface area contributed by atoms with Gasteiger partial charge in [-0.25, -0.2) is 0 Å². The third-order valence-corrected chi connectivity index (χ3v) is 6.43. The Morgan fingerprint density at radius 2 is 1.77 bits per heavy atom. The first-order chi connectivity index (χ1) is 17.0. The Labute approximate surface area is 213 Å². The van der Waals surface area contributed by atoms with Gasteiger partial charge in [-0.3, -0.25) is 9.59 Å². The minimum Gasteiger partial charge on any atom is -0.383 e. The monoisotopic (exact) mass is 516 g/mol. The molecule has 1 aliphatic heterocycles. The zero-order chi connectivity index (χ0) is 24.8. The van der Waals surface area contributed by atoms with Crippen LogP contribution in [0.15, 0.2) is 53.1 Å². The number of aromatic nitrogens is 2. The van der Waals surface area contributed by atoms with Crippen molar-refractivity contribution < 1.29 is 18.8 Å². The van der Waals surface area contributed by atoms with Crippen molar-refractivity contribution >= 4 is 35.0 Å². The molecule has 4 rings (SSSR count). The van der Waals surface area contributed by atoms with Gasteiger partial charge in [0.2, 0.25) is 17.6 Å². The fourth-order valence-corrected chi connectivity index (χ4v) is 4.31. The van der Waals surface area contributed by atoms with E-state index in [0.29, 0.717) is 46.9 Å². The molecule has 2 aromatic carbocycles. The summed E-state index contributed by atoms with van der Waals surface area (Å²) >= 11 is 11.9. The van der Waals surface area contributed by atoms with Gasteiger partial charge in [0, 0.05) is 41.4 Å². The highest BCUT2D eigenvalue weighted by atomic mass is 35.5. The second kappa shape index (κ2) is 11.7. The summed E-state index contributed by atoms with van der Waals surface area (Å²) in [6.45, 7) is 1.06. The van der Waals surface area contributed by atoms with E-state index in [0.717, 1.165) is 18.4 Å². The van der Waals surface area contributed by atoms with Crippen LogP contribution in [0.3, 0.4) is 0 Å². The first kappa shape index (κ1) is 25.2. The summed E-state index contributed by atoms with van der Waals surface area (Å²) in [6, 6.07) is 13.4. The highest BCUT2D eigenvalue weighted by Crippen LogP contribution is 2.31. The average molecular weight is 517 g/mol. The molecule has 1 aliphatic rings. The number of carbonyl (C=O) groups excluding carboxylic acids is 2. The number of benzene rings is 2. The van der Waals surface area contributed by atoms with Crippen molar-refractivity contribution in [2.24, 2.45) is 0 Å². The molecule has 1 fully saturated rings. The molecule has 1 unspecified atom stereocenters. The summed E-state index contributed by atoms with van der Waals surface area (Å²) in [6.07, 6.45) is 2.50. The number of methoxy groups -OCH3 is 1. The van der Waals surface area contributed by atoms with Gasteiger partial charge in [-0.2, -0.15) is 4.98 Å². The van der Waals surface area contributed by atoms with Crippen molar-refractivity contribution in [1.82, 2.24) is 19.9 Å². The lowest BCUT2D eigenvalue weighted by atomic mass is 10.0. The predicted octanol–water partition coefficient (Wildman–Crippen LogP) is 4.89. The van der Waals surface area contributed by atoms with Crippen molar-refractivity contribution in [3.8, 4) is 11.4 Å². The van der Waals surface area contributed by atoms with Gasteiger partial charge < -0.3 is 19.1 Å². The number of ether oxygens (including phenoxy) is 1. The Bertz CT molecular complexity index is 1150. The molecule has 2 heterocycles. The molecule has 1 saturated heterocycles. The van der Waals surface area contributed by atoms with Crippen LogP contribution in [0.1, 0.15) is 41.6 Å². The zero-order valence-electron chi connectivity index (χ0n) is 19.3. The lowest BCUT2D eigenvalue weighted by molar-refractivity contribution is -0.136. The van der Waals surface area contributed by atoms with Gasteiger partial charge in [-0.1, -0.05) is 28.4 Å². The summed E-state index contributed by atoms with van der Waals surface area (Å²) in [7, 11) is 1.56. The van der Waals surface area contributed by atoms with E-state index in [1.54, 1.807) is 48.4 Å². The topological polar surface area (TPSA) is 88.8 Å². The third kappa shape index (κ3) is 6.20. The number of amides is 2. The fourth-order valence-electron chi connectivity index (χ4n) is 4.06. The van der Waals surface area contributed by atoms with E-state index in [9.17, 15) is 9.59 Å². The SMILES string of the molecule is COCCN(CC(=O)N1CCCCC1c1nc(-c2ccc(Cl)cc2)no1)C(=O)c1ccc(Cl)cc1. The molecule has 3 aromatic rings. The minimum atomic E-state index is -0.347. The van der Waals surface area contributed by atoms with Gasteiger partial charge in [0.05, 0.1) is 6.61 Å². The van der Waals surface area contributed by atoms with Crippen LogP contribution < -0.4 is 0 Å². The molecule has 1 aromatic heterocycles. The van der Waals surface area contributed by atoms with Crippen LogP contribution in [0, 0.1) is 0 Å². The van der Waals surface area contributed by atoms with Crippen LogP contribution in [0.5, 0.6) is 0 Å². The summed E-state index contributed by atoms with van der Waals surface area (Å²) in [4.78, 5) is 34.3. The Morgan fingerprint density at radius 1 is 1.09 bits per heavy atom. The molecule has 184 valence electrons. The van der Waals surface area contributed by atoms with Gasteiger partial charge in [-0.15, -0.1) is 0 Å². The maximum Gasteiger partial charge on any atom is 0.254 e. The van der Waals surface area contributed by atoms with Gasteiger partial charge in [0.15, 0.2) is 0 Å². The maximum absolute atomic E-state index is 13.4. The molecule has 0 spiro atoms. The summed E-state index contributed by atoms with van der Waals surface area (Å²) in [5.74, 6) is 0.382. The largest absolute Gasteiger partial charge is 0.383 e. The Hall–Kier alpha value is -2.94. The van der Waals surface area contributed by atoms with E-state index in [-0.39, 0.29) is 30.9 Å². The lowest BCUT2D eigenvalue weighted by Gasteiger charge is -2.35. The molecule has 1 atom stereocenters. The van der Waals surface area contributed by atoms with Crippen LogP contribution >= 0.6 is 23.2 Å². The molecule has 0 saturated carbocycles. The van der Waals surface area contributed by atoms with Crippen molar-refractivity contribution in [2.75, 3.05) is 33.4 Å². The molecule has 10 heteroatoms. The molecule has 2 amide bonds. The van der Waals surface area contributed by atoms with Gasteiger partial charge in [-0.05, 0) is 67.8 Å². The standard InChI is InChI=1S/C25H26Cl2N4O4/c1-34-15-14-30(25(33)18-7-11-20(27)12-8-18)16-22(32)31-13-3-2-4-21(31)24-28-23(29-35-24)17-5-9-19(26)10-6-17/h5-12,21H,2-4,13-16H2,1H3. The number of carbonyl (C=O) groups is 2. The first-order valence-corrected chi connectivity index (χ1v) is 12.1. The van der Waals surface area contributed by atoms with Crippen molar-refractivity contribution in [3.63, 3.8) is 0 Å². The quantitative estimate of drug-likeness (QED) is 0.423. The van der Waals surface area contributed by atoms with E-state index in [1.165, 1.54) is 4.90 Å². The molecular formula is C25H26Cl2N4O4. The molecule has 0 bridgehead atoms. The fraction of sp³-hybridized carbons (Fsp3) is 0.360. The lowest BCUT2D eigenvalue weighted by Crippen LogP contribution is -2.46. The molecule has 0 N–H and O–H groups in total. The normalized spacial score (nSPS) is 15.7. The van der Waals surface area contributed by atoms with E-state index in [2.05, 4.69) is 10.1 Å². The Kier molecular flexibility index (Phi) is 8.38. The van der Waals surface area contributed by atoms with E-state index in [4.69, 9.17) is 32.5 Å². The average Bonchev–Trinajstić information content (AvgIpc) is 3.37. The van der Waals surface area contributed by atoms with Crippen molar-refractivity contribution in [3.05, 3.63) is 70.0 Å². The van der Waals surface area contributed by atoms with Crippen LogP contribution in [0.2, 0.25) is 10.0 Å². The van der Waals surface area contributed by atoms with Gasteiger partial charge in [0.25, 0.3) is 5.91 Å². The van der Waals surface area contributed by atoms with Crippen LogP contribution in [0.4, 0.5) is 0 Å². The van der Waals surface area contributed by atoms with Crippen molar-refractivity contribution in [2.45, 2.75) is 25.3 Å². The highest BCUT2D eigenvalue weighted by Gasteiger charge is 2.33. The van der Waals surface area contributed by atoms with Gasteiger partial charge in [0.1, 0.15) is 12.6 Å². The second-order valence-electron chi connectivity index (χ2n) is 8.29. The Morgan fingerprint density at radius 3 is 2.46 bits per heavy atom. The summed E-state index contributed by atoms with van der Waals surface area (Å²) in [5, 5.41) is 5.26. The van der Waals surface area contributed by atoms with Crippen LogP contribution in [-0.4, -0.2) is 65.1 Å². The highest BCUT2D eigenvalue weighted by molar-refractivity contribution is 6.30. The number of likely N-dealkylation sites (tertiary alicyclic amines) is 1. The van der Waals surface area contributed by atoms with Crippen LogP contribution in [-0.2, 0) is 9.53 Å². The number of hydrogen-bond acceptors (Lipinski definition) is 6. The number of piperidine rings is 1. The predicted molar refractivity (Wildman–Crippen MR) is 132 cm³/mol. The number of hydrogen-bond donors (Lipinski definition) is 0. The molecule has 0 radical (unpaired) electrons. The minimum absolute atomic E-state index is 0.0838.